The third-order valence-electron chi connectivity index (χ3n) is 2.31. The number of hydrogen-bond acceptors (Lipinski definition) is 1. The van der Waals surface area contributed by atoms with Crippen molar-refractivity contribution >= 4 is 6.29 Å². The van der Waals surface area contributed by atoms with Crippen LogP contribution in [0.5, 0.6) is 0 Å². The Morgan fingerprint density at radius 2 is 1.85 bits per heavy atom. The second-order valence-electron chi connectivity index (χ2n) is 3.13. The highest BCUT2D eigenvalue weighted by molar-refractivity contribution is 5.56. The maximum absolute atomic E-state index is 10.2. The molecule has 0 heterocycles. The molecule has 0 N–H and O–H groups in total. The fraction of sp³-hybridized carbons (Fsp3) is 0.417. The lowest BCUT2D eigenvalue weighted by atomic mass is 9.99. The van der Waals surface area contributed by atoms with Gasteiger partial charge in [0.1, 0.15) is 0 Å². The lowest BCUT2D eigenvalue weighted by Gasteiger charge is -2.06. The van der Waals surface area contributed by atoms with Crippen LogP contribution in [0.1, 0.15) is 30.5 Å². The first-order chi connectivity index (χ1) is 6.31. The van der Waals surface area contributed by atoms with Gasteiger partial charge in [-0.25, -0.2) is 0 Å². The van der Waals surface area contributed by atoms with E-state index in [0.717, 1.165) is 18.4 Å². The molecule has 0 bridgehead atoms. The molecule has 1 aromatic rings. The highest BCUT2D eigenvalue weighted by atomic mass is 16.1. The van der Waals surface area contributed by atoms with E-state index < -0.39 is 0 Å². The monoisotopic (exact) mass is 175 g/mol. The van der Waals surface area contributed by atoms with Crippen LogP contribution in [-0.4, -0.2) is 6.29 Å². The first-order valence-electron chi connectivity index (χ1n) is 4.77. The third-order valence-corrected chi connectivity index (χ3v) is 2.31. The molecule has 0 amide bonds. The van der Waals surface area contributed by atoms with Crippen LogP contribution < -0.4 is 0 Å². The minimum Gasteiger partial charge on any atom is -0.291 e. The summed E-state index contributed by atoms with van der Waals surface area (Å²) in [5.41, 5.74) is 3.82. The molecule has 0 aliphatic rings. The molecule has 0 aliphatic heterocycles. The summed E-state index contributed by atoms with van der Waals surface area (Å²) in [7, 11) is 0. The van der Waals surface area contributed by atoms with Crippen LogP contribution in [0.15, 0.2) is 18.2 Å². The molecule has 0 fully saturated rings. The van der Waals surface area contributed by atoms with Crippen LogP contribution in [-0.2, 0) is 24.1 Å². The molecule has 1 aromatic carbocycles. The Morgan fingerprint density at radius 1 is 1.15 bits per heavy atom. The largest absolute Gasteiger partial charge is 0.291 e. The van der Waals surface area contributed by atoms with Crippen LogP contribution in [0.3, 0.4) is 0 Å². The van der Waals surface area contributed by atoms with Gasteiger partial charge in [-0.1, -0.05) is 32.0 Å². The zero-order valence-electron chi connectivity index (χ0n) is 8.26. The number of rotatable bonds is 4. The molecule has 0 unspecified atom stereocenters. The molecular weight excluding hydrogens is 160 g/mol. The SMILES string of the molecule is CCc1ccc(C[C]=O)cc1CC. The zero-order chi connectivity index (χ0) is 9.68. The highest BCUT2D eigenvalue weighted by Gasteiger charge is 2.00. The number of benzene rings is 1. The molecule has 0 aliphatic carbocycles. The first kappa shape index (κ1) is 9.97. The molecule has 0 spiro atoms. The summed E-state index contributed by atoms with van der Waals surface area (Å²) >= 11 is 0. The van der Waals surface area contributed by atoms with Crippen LogP contribution in [0.2, 0.25) is 0 Å². The predicted molar refractivity (Wildman–Crippen MR) is 54.6 cm³/mol. The second kappa shape index (κ2) is 4.80. The standard InChI is InChI=1S/C12H15O/c1-3-11-6-5-10(7-8-13)9-12(11)4-2/h5-6,9H,3-4,7H2,1-2H3. The van der Waals surface area contributed by atoms with Crippen molar-refractivity contribution in [3.05, 3.63) is 34.9 Å². The fourth-order valence-electron chi connectivity index (χ4n) is 1.55. The molecule has 1 heteroatoms. The van der Waals surface area contributed by atoms with Gasteiger partial charge in [-0.05, 0) is 29.5 Å². The van der Waals surface area contributed by atoms with Gasteiger partial charge in [0.25, 0.3) is 0 Å². The Balaban J connectivity index is 2.98. The van der Waals surface area contributed by atoms with Gasteiger partial charge in [-0.15, -0.1) is 0 Å². The minimum atomic E-state index is 0.414. The fourth-order valence-corrected chi connectivity index (χ4v) is 1.55. The van der Waals surface area contributed by atoms with E-state index in [9.17, 15) is 4.79 Å². The van der Waals surface area contributed by atoms with Crippen molar-refractivity contribution in [2.45, 2.75) is 33.1 Å². The molecule has 0 saturated carbocycles. The van der Waals surface area contributed by atoms with Gasteiger partial charge in [-0.3, -0.25) is 4.79 Å². The Morgan fingerprint density at radius 3 is 2.38 bits per heavy atom. The molecule has 0 aromatic heterocycles. The molecule has 1 radical (unpaired) electrons. The van der Waals surface area contributed by atoms with Crippen molar-refractivity contribution in [3.63, 3.8) is 0 Å². The van der Waals surface area contributed by atoms with E-state index in [0.29, 0.717) is 6.42 Å². The van der Waals surface area contributed by atoms with Crippen LogP contribution in [0.4, 0.5) is 0 Å². The second-order valence-corrected chi connectivity index (χ2v) is 3.13. The summed E-state index contributed by atoms with van der Waals surface area (Å²) in [6.45, 7) is 4.29. The molecule has 13 heavy (non-hydrogen) atoms. The van der Waals surface area contributed by atoms with Gasteiger partial charge in [-0.2, -0.15) is 0 Å². The summed E-state index contributed by atoms with van der Waals surface area (Å²) in [4.78, 5) is 10.2. The quantitative estimate of drug-likeness (QED) is 0.687. The maximum atomic E-state index is 10.2. The lowest BCUT2D eigenvalue weighted by Crippen LogP contribution is -1.94. The van der Waals surface area contributed by atoms with Crippen molar-refractivity contribution in [1.82, 2.24) is 0 Å². The van der Waals surface area contributed by atoms with E-state index in [1.54, 1.807) is 0 Å². The van der Waals surface area contributed by atoms with Gasteiger partial charge in [0, 0.05) is 6.42 Å². The number of carbonyl (C=O) groups excluding carboxylic acids is 1. The summed E-state index contributed by atoms with van der Waals surface area (Å²) in [5, 5.41) is 0. The molecular formula is C12H15O. The Hall–Kier alpha value is -1.11. The molecule has 69 valence electrons. The summed E-state index contributed by atoms with van der Waals surface area (Å²) in [6, 6.07) is 6.25. The van der Waals surface area contributed by atoms with E-state index >= 15 is 0 Å². The molecule has 0 atom stereocenters. The van der Waals surface area contributed by atoms with E-state index in [1.165, 1.54) is 11.1 Å². The highest BCUT2D eigenvalue weighted by Crippen LogP contribution is 2.13. The predicted octanol–water partition coefficient (Wildman–Crippen LogP) is 2.46. The third kappa shape index (κ3) is 2.41. The van der Waals surface area contributed by atoms with Crippen LogP contribution in [0.25, 0.3) is 0 Å². The van der Waals surface area contributed by atoms with Gasteiger partial charge in [0.05, 0.1) is 0 Å². The molecule has 1 nitrogen and oxygen atoms in total. The zero-order valence-corrected chi connectivity index (χ0v) is 8.26. The summed E-state index contributed by atoms with van der Waals surface area (Å²) in [5.74, 6) is 0. The molecule has 0 saturated heterocycles. The topological polar surface area (TPSA) is 17.1 Å². The van der Waals surface area contributed by atoms with Gasteiger partial charge in [0.2, 0.25) is 6.29 Å². The van der Waals surface area contributed by atoms with E-state index in [-0.39, 0.29) is 0 Å². The van der Waals surface area contributed by atoms with Crippen molar-refractivity contribution < 1.29 is 4.79 Å². The summed E-state index contributed by atoms with van der Waals surface area (Å²) < 4.78 is 0. The van der Waals surface area contributed by atoms with E-state index in [4.69, 9.17) is 0 Å². The maximum Gasteiger partial charge on any atom is 0.203 e. The Bertz CT molecular complexity index is 289. The van der Waals surface area contributed by atoms with E-state index in [1.807, 2.05) is 12.4 Å². The molecule has 1 rings (SSSR count). The van der Waals surface area contributed by atoms with Crippen molar-refractivity contribution in [1.29, 1.82) is 0 Å². The van der Waals surface area contributed by atoms with Crippen LogP contribution >= 0.6 is 0 Å². The van der Waals surface area contributed by atoms with E-state index in [2.05, 4.69) is 26.0 Å². The van der Waals surface area contributed by atoms with Gasteiger partial charge in [0.15, 0.2) is 0 Å². The Kier molecular flexibility index (Phi) is 3.69. The first-order valence-corrected chi connectivity index (χ1v) is 4.77. The summed E-state index contributed by atoms with van der Waals surface area (Å²) in [6.07, 6.45) is 4.44. The average Bonchev–Trinajstić information content (AvgIpc) is 2.18. The van der Waals surface area contributed by atoms with Crippen molar-refractivity contribution in [2.75, 3.05) is 0 Å². The van der Waals surface area contributed by atoms with Gasteiger partial charge >= 0.3 is 0 Å². The van der Waals surface area contributed by atoms with Crippen molar-refractivity contribution in [3.8, 4) is 0 Å². The van der Waals surface area contributed by atoms with Crippen LogP contribution in [0, 0.1) is 0 Å². The van der Waals surface area contributed by atoms with Crippen molar-refractivity contribution in [2.24, 2.45) is 0 Å². The average molecular weight is 175 g/mol. The normalized spacial score (nSPS) is 10.0. The Labute approximate surface area is 79.8 Å². The van der Waals surface area contributed by atoms with Gasteiger partial charge < -0.3 is 0 Å². The smallest absolute Gasteiger partial charge is 0.203 e. The lowest BCUT2D eigenvalue weighted by molar-refractivity contribution is 0.555. The number of hydrogen-bond donors (Lipinski definition) is 0. The minimum absolute atomic E-state index is 0.414. The number of aryl methyl sites for hydroxylation is 2.